The van der Waals surface area contributed by atoms with E-state index >= 15 is 0 Å². The first kappa shape index (κ1) is 33.3. The lowest BCUT2D eigenvalue weighted by Crippen LogP contribution is -2.62. The zero-order chi connectivity index (χ0) is 29.2. The second-order valence-corrected chi connectivity index (χ2v) is 10.7. The third kappa shape index (κ3) is 9.54. The quantitative estimate of drug-likeness (QED) is 0.150. The minimum atomic E-state index is -1.44. The first-order chi connectivity index (χ1) is 17.7. The number of nitrogens with one attached hydrogen (secondary N) is 5. The molecule has 1 rings (SSSR count). The highest BCUT2D eigenvalue weighted by molar-refractivity contribution is 5.95. The Hall–Kier alpha value is -2.73. The molecule has 12 nitrogen and oxygen atoms in total. The number of hydrogen-bond donors (Lipinski definition) is 7. The second kappa shape index (κ2) is 15.6. The van der Waals surface area contributed by atoms with Gasteiger partial charge in [-0.05, 0) is 44.1 Å². The molecule has 8 atom stereocenters. The van der Waals surface area contributed by atoms with Gasteiger partial charge in [-0.1, -0.05) is 54.4 Å². The Bertz CT molecular complexity index is 829. The van der Waals surface area contributed by atoms with Crippen molar-refractivity contribution in [2.24, 2.45) is 17.8 Å². The van der Waals surface area contributed by atoms with Crippen LogP contribution in [0.4, 0.5) is 0 Å². The Morgan fingerprint density at radius 3 is 1.68 bits per heavy atom. The average Bonchev–Trinajstić information content (AvgIpc) is 3.40. The zero-order valence-corrected chi connectivity index (χ0v) is 23.7. The van der Waals surface area contributed by atoms with Gasteiger partial charge in [0.2, 0.25) is 23.6 Å². The van der Waals surface area contributed by atoms with E-state index in [4.69, 9.17) is 0 Å². The molecule has 0 aromatic carbocycles. The molecular weight excluding hydrogens is 494 g/mol. The average molecular weight is 542 g/mol. The number of carboxylic acids is 1. The highest BCUT2D eigenvalue weighted by atomic mass is 16.4. The summed E-state index contributed by atoms with van der Waals surface area (Å²) in [5.74, 6) is -4.55. The van der Waals surface area contributed by atoms with Gasteiger partial charge >= 0.3 is 5.97 Å². The van der Waals surface area contributed by atoms with E-state index in [-0.39, 0.29) is 23.8 Å². The molecule has 38 heavy (non-hydrogen) atoms. The van der Waals surface area contributed by atoms with Gasteiger partial charge in [-0.2, -0.15) is 0 Å². The first-order valence-electron chi connectivity index (χ1n) is 13.6. The van der Waals surface area contributed by atoms with Crippen molar-refractivity contribution < 1.29 is 34.2 Å². The number of aliphatic hydroxyl groups is 1. The van der Waals surface area contributed by atoms with Crippen molar-refractivity contribution in [2.75, 3.05) is 6.54 Å². The molecule has 7 N–H and O–H groups in total. The van der Waals surface area contributed by atoms with Crippen LogP contribution >= 0.6 is 0 Å². The van der Waals surface area contributed by atoms with Crippen LogP contribution in [0.3, 0.4) is 0 Å². The molecule has 0 aliphatic carbocycles. The summed E-state index contributed by atoms with van der Waals surface area (Å²) in [7, 11) is 0. The number of carboxylic acid groups (broad SMARTS) is 1. The summed E-state index contributed by atoms with van der Waals surface area (Å²) < 4.78 is 0. The van der Waals surface area contributed by atoms with Crippen LogP contribution in [-0.2, 0) is 24.0 Å². The molecule has 1 aliphatic heterocycles. The van der Waals surface area contributed by atoms with Gasteiger partial charge < -0.3 is 36.8 Å². The number of rotatable bonds is 15. The maximum atomic E-state index is 13.3. The number of aliphatic hydroxyl groups excluding tert-OH is 1. The van der Waals surface area contributed by atoms with Crippen LogP contribution in [0.1, 0.15) is 74.1 Å². The van der Waals surface area contributed by atoms with Crippen LogP contribution in [0.25, 0.3) is 0 Å². The van der Waals surface area contributed by atoms with E-state index in [0.717, 1.165) is 13.0 Å². The van der Waals surface area contributed by atoms with Crippen LogP contribution in [0, 0.1) is 17.8 Å². The molecule has 1 aliphatic rings. The van der Waals surface area contributed by atoms with Crippen molar-refractivity contribution in [3.05, 3.63) is 0 Å². The van der Waals surface area contributed by atoms with Crippen LogP contribution < -0.4 is 26.6 Å². The molecule has 12 heteroatoms. The van der Waals surface area contributed by atoms with Crippen LogP contribution in [-0.4, -0.2) is 82.7 Å². The largest absolute Gasteiger partial charge is 0.480 e. The topological polar surface area (TPSA) is 186 Å². The lowest BCUT2D eigenvalue weighted by atomic mass is 9.95. The molecular formula is C26H47N5O7. The maximum absolute atomic E-state index is 13.3. The van der Waals surface area contributed by atoms with Gasteiger partial charge in [0.15, 0.2) is 0 Å². The van der Waals surface area contributed by atoms with Gasteiger partial charge in [0.05, 0.1) is 12.1 Å². The van der Waals surface area contributed by atoms with Crippen LogP contribution in [0.5, 0.6) is 0 Å². The van der Waals surface area contributed by atoms with Crippen molar-refractivity contribution in [3.63, 3.8) is 0 Å². The number of carbonyl (C=O) groups excluding carboxylic acids is 4. The number of aliphatic carboxylic acids is 1. The molecule has 1 fully saturated rings. The molecule has 0 unspecified atom stereocenters. The van der Waals surface area contributed by atoms with Crippen molar-refractivity contribution >= 4 is 29.6 Å². The van der Waals surface area contributed by atoms with Crippen molar-refractivity contribution in [1.82, 2.24) is 26.6 Å². The van der Waals surface area contributed by atoms with Gasteiger partial charge in [0, 0.05) is 0 Å². The Morgan fingerprint density at radius 1 is 0.763 bits per heavy atom. The molecule has 0 aromatic rings. The highest BCUT2D eigenvalue weighted by Gasteiger charge is 2.36. The molecule has 4 amide bonds. The molecule has 0 aromatic heterocycles. The van der Waals surface area contributed by atoms with E-state index in [1.807, 2.05) is 13.8 Å². The van der Waals surface area contributed by atoms with E-state index in [1.54, 1.807) is 27.7 Å². The van der Waals surface area contributed by atoms with Gasteiger partial charge in [-0.3, -0.25) is 19.2 Å². The molecule has 0 bridgehead atoms. The SMILES string of the molecule is CC[C@H](C)[C@H](NC(=O)[C@@H](NC(=O)[C@@H](NC(=O)[C@@H](NC(=O)[C@@H]1CCCN1)[C@@H](C)CC)C(C)C)[C@@H](C)O)C(=O)O. The lowest BCUT2D eigenvalue weighted by molar-refractivity contribution is -0.144. The minimum absolute atomic E-state index is 0.208. The second-order valence-electron chi connectivity index (χ2n) is 10.7. The van der Waals surface area contributed by atoms with Crippen molar-refractivity contribution in [3.8, 4) is 0 Å². The molecule has 0 spiro atoms. The number of hydrogen-bond acceptors (Lipinski definition) is 7. The molecule has 0 saturated carbocycles. The predicted octanol–water partition coefficient (Wildman–Crippen LogP) is -0.109. The van der Waals surface area contributed by atoms with Crippen molar-refractivity contribution in [1.29, 1.82) is 0 Å². The van der Waals surface area contributed by atoms with E-state index in [1.165, 1.54) is 6.92 Å². The smallest absolute Gasteiger partial charge is 0.326 e. The summed E-state index contributed by atoms with van der Waals surface area (Å²) in [5.41, 5.74) is 0. The Balaban J connectivity index is 3.02. The van der Waals surface area contributed by atoms with E-state index in [0.29, 0.717) is 19.3 Å². The third-order valence-electron chi connectivity index (χ3n) is 7.26. The summed E-state index contributed by atoms with van der Waals surface area (Å²) in [6.07, 6.45) is 1.33. The van der Waals surface area contributed by atoms with E-state index in [2.05, 4.69) is 26.6 Å². The standard InChI is InChI=1S/C26H47N5O7/c1-8-14(5)19(29-22(33)17-11-10-12-27-17)24(35)28-18(13(3)4)23(34)31-21(16(7)32)25(36)30-20(26(37)38)15(6)9-2/h13-21,27,32H,8-12H2,1-7H3,(H,28,35)(H,29,33)(H,30,36)(H,31,34)(H,37,38)/t14-,15-,16+,17-,18-,19-,20-,21-/m0/s1. The third-order valence-corrected chi connectivity index (χ3v) is 7.26. The van der Waals surface area contributed by atoms with Crippen LogP contribution in [0.2, 0.25) is 0 Å². The van der Waals surface area contributed by atoms with Gasteiger partial charge in [-0.25, -0.2) is 4.79 Å². The molecule has 218 valence electrons. The summed E-state index contributed by atoms with van der Waals surface area (Å²) in [4.78, 5) is 63.7. The van der Waals surface area contributed by atoms with Gasteiger partial charge in [-0.15, -0.1) is 0 Å². The minimum Gasteiger partial charge on any atom is -0.480 e. The summed E-state index contributed by atoms with van der Waals surface area (Å²) in [5, 5.41) is 33.2. The fourth-order valence-electron chi connectivity index (χ4n) is 4.22. The van der Waals surface area contributed by atoms with Crippen LogP contribution in [0.15, 0.2) is 0 Å². The Morgan fingerprint density at radius 2 is 1.24 bits per heavy atom. The first-order valence-corrected chi connectivity index (χ1v) is 13.6. The van der Waals surface area contributed by atoms with E-state index < -0.39 is 59.9 Å². The highest BCUT2D eigenvalue weighted by Crippen LogP contribution is 2.13. The monoisotopic (exact) mass is 541 g/mol. The number of amides is 4. The fourth-order valence-corrected chi connectivity index (χ4v) is 4.22. The maximum Gasteiger partial charge on any atom is 0.326 e. The van der Waals surface area contributed by atoms with Gasteiger partial charge in [0.25, 0.3) is 0 Å². The molecule has 0 radical (unpaired) electrons. The summed E-state index contributed by atoms with van der Waals surface area (Å²) in [6, 6.07) is -4.94. The lowest BCUT2D eigenvalue weighted by Gasteiger charge is -2.30. The van der Waals surface area contributed by atoms with E-state index in [9.17, 15) is 34.2 Å². The molecule has 1 heterocycles. The Labute approximate surface area is 225 Å². The number of carbonyl (C=O) groups is 5. The fraction of sp³-hybridized carbons (Fsp3) is 0.808. The predicted molar refractivity (Wildman–Crippen MR) is 142 cm³/mol. The summed E-state index contributed by atoms with van der Waals surface area (Å²) >= 11 is 0. The summed E-state index contributed by atoms with van der Waals surface area (Å²) in [6.45, 7) is 12.7. The zero-order valence-electron chi connectivity index (χ0n) is 23.7. The van der Waals surface area contributed by atoms with Crippen molar-refractivity contribution in [2.45, 2.75) is 110 Å². The Kier molecular flexibility index (Phi) is 13.7. The molecule has 1 saturated heterocycles. The normalized spacial score (nSPS) is 20.8. The van der Waals surface area contributed by atoms with Gasteiger partial charge in [0.1, 0.15) is 24.2 Å².